The molecule has 3 aromatic carbocycles. The van der Waals surface area contributed by atoms with Crippen molar-refractivity contribution in [3.05, 3.63) is 89.2 Å². The van der Waals surface area contributed by atoms with Gasteiger partial charge in [-0.1, -0.05) is 36.4 Å². The number of hydrogen-bond acceptors (Lipinski definition) is 2. The Morgan fingerprint density at radius 2 is 1.24 bits per heavy atom. The van der Waals surface area contributed by atoms with Gasteiger partial charge in [0.15, 0.2) is 0 Å². The van der Waals surface area contributed by atoms with Gasteiger partial charge in [-0.05, 0) is 41.5 Å². The second kappa shape index (κ2) is 9.69. The minimum atomic E-state index is -6.17. The van der Waals surface area contributed by atoms with E-state index in [0.717, 1.165) is 24.3 Å². The summed E-state index contributed by atoms with van der Waals surface area (Å²) in [6.45, 7) is 0. The molecule has 0 fully saturated rings. The molecule has 198 valence electrons. The number of aliphatic hydroxyl groups is 1. The van der Waals surface area contributed by atoms with Crippen LogP contribution in [0.4, 0.5) is 49.6 Å². The van der Waals surface area contributed by atoms with E-state index in [9.17, 15) is 53.8 Å². The average Bonchev–Trinajstić information content (AvgIpc) is 2.77. The van der Waals surface area contributed by atoms with Crippen LogP contribution in [0.1, 0.15) is 16.7 Å². The van der Waals surface area contributed by atoms with Crippen molar-refractivity contribution in [2.24, 2.45) is 0 Å². The van der Waals surface area contributed by atoms with Gasteiger partial charge >= 0.3 is 18.5 Å². The molecular weight excluding hydrogens is 524 g/mol. The molecule has 0 unspecified atom stereocenters. The molecule has 0 saturated heterocycles. The lowest BCUT2D eigenvalue weighted by atomic mass is 9.90. The van der Waals surface area contributed by atoms with Crippen molar-refractivity contribution in [1.29, 1.82) is 0 Å². The standard InChI is InChI=1S/C24H15F10NO2/c25-19-12-16(21(37,23(29,30)31)24(32,33)34)7-10-18(19)14-3-8-17(9-4-14)35-20(36)11-13-1-5-15(6-2-13)22(26,27)28/h1-10,12,37H,11H2,(H,35,36). The number of rotatable bonds is 5. The molecule has 0 bridgehead atoms. The van der Waals surface area contributed by atoms with Gasteiger partial charge in [-0.2, -0.15) is 39.5 Å². The van der Waals surface area contributed by atoms with Crippen molar-refractivity contribution in [3.8, 4) is 11.1 Å². The lowest BCUT2D eigenvalue weighted by Gasteiger charge is -2.32. The van der Waals surface area contributed by atoms with Crippen molar-refractivity contribution in [1.82, 2.24) is 0 Å². The van der Waals surface area contributed by atoms with E-state index in [1.807, 2.05) is 0 Å². The van der Waals surface area contributed by atoms with Gasteiger partial charge in [-0.3, -0.25) is 4.79 Å². The van der Waals surface area contributed by atoms with Crippen LogP contribution in [0.5, 0.6) is 0 Å². The van der Waals surface area contributed by atoms with Crippen molar-refractivity contribution in [3.63, 3.8) is 0 Å². The first-order chi connectivity index (χ1) is 16.9. The second-order valence-electron chi connectivity index (χ2n) is 7.90. The molecule has 37 heavy (non-hydrogen) atoms. The Morgan fingerprint density at radius 1 is 0.730 bits per heavy atom. The number of nitrogens with one attached hydrogen (secondary N) is 1. The number of carbonyl (C=O) groups excluding carboxylic acids is 1. The maximum absolute atomic E-state index is 14.5. The first-order valence-electron chi connectivity index (χ1n) is 10.2. The number of halogens is 10. The molecule has 0 aliphatic carbocycles. The second-order valence-corrected chi connectivity index (χ2v) is 7.90. The Bertz CT molecular complexity index is 1250. The molecule has 0 radical (unpaired) electrons. The van der Waals surface area contributed by atoms with Gasteiger partial charge in [0.25, 0.3) is 5.60 Å². The van der Waals surface area contributed by atoms with Crippen LogP contribution >= 0.6 is 0 Å². The van der Waals surface area contributed by atoms with Crippen LogP contribution in [-0.4, -0.2) is 23.4 Å². The summed E-state index contributed by atoms with van der Waals surface area (Å²) < 4.78 is 130. The fourth-order valence-electron chi connectivity index (χ4n) is 3.40. The molecule has 1 amide bonds. The van der Waals surface area contributed by atoms with Gasteiger partial charge in [0.2, 0.25) is 5.91 Å². The van der Waals surface area contributed by atoms with Crippen LogP contribution < -0.4 is 5.32 Å². The lowest BCUT2D eigenvalue weighted by Crippen LogP contribution is -2.53. The van der Waals surface area contributed by atoms with Crippen molar-refractivity contribution >= 4 is 11.6 Å². The highest BCUT2D eigenvalue weighted by molar-refractivity contribution is 5.92. The summed E-state index contributed by atoms with van der Waals surface area (Å²) in [5.74, 6) is -2.06. The Labute approximate surface area is 202 Å². The zero-order valence-corrected chi connectivity index (χ0v) is 18.2. The van der Waals surface area contributed by atoms with Gasteiger partial charge in [-0.15, -0.1) is 0 Å². The molecule has 3 rings (SSSR count). The zero-order chi connectivity index (χ0) is 27.8. The molecule has 13 heteroatoms. The number of anilines is 1. The average molecular weight is 539 g/mol. The molecular formula is C24H15F10NO2. The van der Waals surface area contributed by atoms with Crippen LogP contribution in [0.15, 0.2) is 66.7 Å². The molecule has 3 aromatic rings. The summed E-state index contributed by atoms with van der Waals surface area (Å²) in [5.41, 5.74) is -7.77. The van der Waals surface area contributed by atoms with E-state index in [4.69, 9.17) is 0 Å². The normalized spacial score (nSPS) is 12.9. The van der Waals surface area contributed by atoms with Crippen molar-refractivity contribution in [2.45, 2.75) is 30.6 Å². The summed E-state index contributed by atoms with van der Waals surface area (Å²) in [5, 5.41) is 11.9. The maximum atomic E-state index is 14.5. The highest BCUT2D eigenvalue weighted by Crippen LogP contribution is 2.50. The highest BCUT2D eigenvalue weighted by atomic mass is 19.4. The monoisotopic (exact) mass is 539 g/mol. The molecule has 3 nitrogen and oxygen atoms in total. The van der Waals surface area contributed by atoms with Crippen LogP contribution in [0.3, 0.4) is 0 Å². The van der Waals surface area contributed by atoms with Crippen LogP contribution in [-0.2, 0) is 23.0 Å². The Balaban J connectivity index is 1.75. The summed E-state index contributed by atoms with van der Waals surface area (Å²) in [6, 6.07) is 9.80. The van der Waals surface area contributed by atoms with E-state index in [2.05, 4.69) is 5.32 Å². The lowest BCUT2D eigenvalue weighted by molar-refractivity contribution is -0.376. The third-order valence-corrected chi connectivity index (χ3v) is 5.33. The van der Waals surface area contributed by atoms with Gasteiger partial charge in [0, 0.05) is 16.8 Å². The molecule has 0 aliphatic heterocycles. The first-order valence-corrected chi connectivity index (χ1v) is 10.2. The zero-order valence-electron chi connectivity index (χ0n) is 18.2. The number of amides is 1. The van der Waals surface area contributed by atoms with Gasteiger partial charge in [0.1, 0.15) is 5.82 Å². The fourth-order valence-corrected chi connectivity index (χ4v) is 3.40. The summed E-state index contributed by atoms with van der Waals surface area (Å²) >= 11 is 0. The number of alkyl halides is 9. The summed E-state index contributed by atoms with van der Waals surface area (Å²) in [6.07, 6.45) is -17.1. The topological polar surface area (TPSA) is 49.3 Å². The minimum absolute atomic E-state index is 0.0346. The van der Waals surface area contributed by atoms with E-state index in [-0.39, 0.29) is 29.3 Å². The van der Waals surface area contributed by atoms with E-state index in [1.165, 1.54) is 24.3 Å². The third-order valence-electron chi connectivity index (χ3n) is 5.33. The molecule has 0 heterocycles. The van der Waals surface area contributed by atoms with E-state index < -0.39 is 47.0 Å². The van der Waals surface area contributed by atoms with Gasteiger partial charge in [-0.25, -0.2) is 4.39 Å². The van der Waals surface area contributed by atoms with E-state index in [0.29, 0.717) is 17.7 Å². The summed E-state index contributed by atoms with van der Waals surface area (Å²) in [7, 11) is 0. The summed E-state index contributed by atoms with van der Waals surface area (Å²) in [4.78, 5) is 12.2. The molecule has 0 aliphatic rings. The SMILES string of the molecule is O=C(Cc1ccc(C(F)(F)F)cc1)Nc1ccc(-c2ccc(C(O)(C(F)(F)F)C(F)(F)F)cc2F)cc1. The van der Waals surface area contributed by atoms with E-state index >= 15 is 0 Å². The van der Waals surface area contributed by atoms with Gasteiger partial charge in [0.05, 0.1) is 12.0 Å². The third kappa shape index (κ3) is 5.87. The van der Waals surface area contributed by atoms with Crippen LogP contribution in [0.2, 0.25) is 0 Å². The van der Waals surface area contributed by atoms with E-state index in [1.54, 1.807) is 0 Å². The Morgan fingerprint density at radius 3 is 1.70 bits per heavy atom. The molecule has 0 saturated carbocycles. The maximum Gasteiger partial charge on any atom is 0.430 e. The minimum Gasteiger partial charge on any atom is -0.369 e. The molecule has 2 N–H and O–H groups in total. The highest BCUT2D eigenvalue weighted by Gasteiger charge is 2.71. The van der Waals surface area contributed by atoms with Crippen molar-refractivity contribution in [2.75, 3.05) is 5.32 Å². The van der Waals surface area contributed by atoms with Crippen LogP contribution in [0, 0.1) is 5.82 Å². The predicted molar refractivity (Wildman–Crippen MR) is 112 cm³/mol. The quantitative estimate of drug-likeness (QED) is 0.343. The number of carbonyl (C=O) groups is 1. The molecule has 0 aromatic heterocycles. The number of hydrogen-bond donors (Lipinski definition) is 2. The van der Waals surface area contributed by atoms with Crippen LogP contribution in [0.25, 0.3) is 11.1 Å². The number of benzene rings is 3. The fraction of sp³-hybridized carbons (Fsp3) is 0.208. The Kier molecular flexibility index (Phi) is 7.32. The Hall–Kier alpha value is -3.61. The largest absolute Gasteiger partial charge is 0.430 e. The smallest absolute Gasteiger partial charge is 0.369 e. The first kappa shape index (κ1) is 28.0. The van der Waals surface area contributed by atoms with Crippen molar-refractivity contribution < 1.29 is 53.8 Å². The van der Waals surface area contributed by atoms with Gasteiger partial charge < -0.3 is 10.4 Å². The molecule has 0 atom stereocenters. The predicted octanol–water partition coefficient (Wildman–Crippen LogP) is 7.00. The molecule has 0 spiro atoms.